The molecule has 1 heterocycles. The van der Waals surface area contributed by atoms with Gasteiger partial charge in [0.2, 0.25) is 0 Å². The number of nitrogens with zero attached hydrogens (tertiary/aromatic N) is 1. The SMILES string of the molecule is COC1CN(CC(N)Cc2ccccc2)CC1OC. The van der Waals surface area contributed by atoms with E-state index in [2.05, 4.69) is 29.2 Å². The van der Waals surface area contributed by atoms with Crippen molar-refractivity contribution < 1.29 is 9.47 Å². The van der Waals surface area contributed by atoms with E-state index in [-0.39, 0.29) is 18.2 Å². The normalized spacial score (nSPS) is 25.6. The van der Waals surface area contributed by atoms with Gasteiger partial charge in [0.1, 0.15) is 0 Å². The van der Waals surface area contributed by atoms with Gasteiger partial charge < -0.3 is 15.2 Å². The molecule has 1 aliphatic heterocycles. The van der Waals surface area contributed by atoms with E-state index in [9.17, 15) is 0 Å². The van der Waals surface area contributed by atoms with Crippen molar-refractivity contribution in [2.45, 2.75) is 24.7 Å². The van der Waals surface area contributed by atoms with Crippen LogP contribution in [0.4, 0.5) is 0 Å². The lowest BCUT2D eigenvalue weighted by Crippen LogP contribution is -2.38. The van der Waals surface area contributed by atoms with Gasteiger partial charge >= 0.3 is 0 Å². The molecule has 0 aliphatic carbocycles. The average molecular weight is 264 g/mol. The summed E-state index contributed by atoms with van der Waals surface area (Å²) in [6.07, 6.45) is 1.23. The third kappa shape index (κ3) is 4.01. The molecule has 0 aromatic heterocycles. The summed E-state index contributed by atoms with van der Waals surface area (Å²) in [7, 11) is 3.48. The monoisotopic (exact) mass is 264 g/mol. The smallest absolute Gasteiger partial charge is 0.0971 e. The van der Waals surface area contributed by atoms with E-state index < -0.39 is 0 Å². The minimum Gasteiger partial charge on any atom is -0.377 e. The number of nitrogens with two attached hydrogens (primary N) is 1. The highest BCUT2D eigenvalue weighted by molar-refractivity contribution is 5.15. The van der Waals surface area contributed by atoms with Crippen molar-refractivity contribution in [1.82, 2.24) is 4.90 Å². The highest BCUT2D eigenvalue weighted by Crippen LogP contribution is 2.16. The van der Waals surface area contributed by atoms with Gasteiger partial charge in [-0.15, -0.1) is 0 Å². The first-order valence-corrected chi connectivity index (χ1v) is 6.80. The second kappa shape index (κ2) is 7.01. The van der Waals surface area contributed by atoms with Crippen LogP contribution in [0.3, 0.4) is 0 Å². The second-order valence-electron chi connectivity index (χ2n) is 5.22. The van der Waals surface area contributed by atoms with Crippen molar-refractivity contribution in [2.24, 2.45) is 5.73 Å². The number of likely N-dealkylation sites (tertiary alicyclic amines) is 1. The average Bonchev–Trinajstić information content (AvgIpc) is 2.81. The topological polar surface area (TPSA) is 47.7 Å². The number of hydrogen-bond acceptors (Lipinski definition) is 4. The Morgan fingerprint density at radius 3 is 2.26 bits per heavy atom. The van der Waals surface area contributed by atoms with Crippen LogP contribution in [0.2, 0.25) is 0 Å². The molecule has 4 nitrogen and oxygen atoms in total. The minimum absolute atomic E-state index is 0.149. The van der Waals surface area contributed by atoms with Gasteiger partial charge in [-0.05, 0) is 12.0 Å². The summed E-state index contributed by atoms with van der Waals surface area (Å²) in [5.74, 6) is 0. The Morgan fingerprint density at radius 2 is 1.74 bits per heavy atom. The van der Waals surface area contributed by atoms with Gasteiger partial charge in [-0.25, -0.2) is 0 Å². The number of methoxy groups -OCH3 is 2. The molecular weight excluding hydrogens is 240 g/mol. The third-order valence-electron chi connectivity index (χ3n) is 3.73. The zero-order valence-corrected chi connectivity index (χ0v) is 11.8. The molecule has 106 valence electrons. The summed E-state index contributed by atoms with van der Waals surface area (Å²) in [5, 5.41) is 0. The Morgan fingerprint density at radius 1 is 1.16 bits per heavy atom. The van der Waals surface area contributed by atoms with Crippen LogP contribution >= 0.6 is 0 Å². The predicted octanol–water partition coefficient (Wildman–Crippen LogP) is 0.902. The van der Waals surface area contributed by atoms with Crippen LogP contribution in [0, 0.1) is 0 Å². The lowest BCUT2D eigenvalue weighted by Gasteiger charge is -2.20. The molecule has 3 unspecified atom stereocenters. The van der Waals surface area contributed by atoms with Gasteiger partial charge in [0.05, 0.1) is 12.2 Å². The first-order valence-electron chi connectivity index (χ1n) is 6.80. The highest BCUT2D eigenvalue weighted by Gasteiger charge is 2.33. The van der Waals surface area contributed by atoms with Gasteiger partial charge in [-0.1, -0.05) is 30.3 Å². The molecule has 1 fully saturated rings. The molecule has 0 spiro atoms. The van der Waals surface area contributed by atoms with Crippen molar-refractivity contribution in [3.63, 3.8) is 0 Å². The van der Waals surface area contributed by atoms with Gasteiger partial charge in [0, 0.05) is 39.9 Å². The fourth-order valence-corrected chi connectivity index (χ4v) is 2.73. The maximum atomic E-state index is 6.24. The Hall–Kier alpha value is -0.940. The minimum atomic E-state index is 0.149. The van der Waals surface area contributed by atoms with E-state index in [0.29, 0.717) is 0 Å². The first-order chi connectivity index (χ1) is 9.22. The zero-order chi connectivity index (χ0) is 13.7. The standard InChI is InChI=1S/C15H24N2O2/c1-18-14-10-17(11-15(14)19-2)9-13(16)8-12-6-4-3-5-7-12/h3-7,13-15H,8-11,16H2,1-2H3. The number of ether oxygens (including phenoxy) is 2. The van der Waals surface area contributed by atoms with Gasteiger partial charge in [0.15, 0.2) is 0 Å². The summed E-state index contributed by atoms with van der Waals surface area (Å²) < 4.78 is 10.9. The van der Waals surface area contributed by atoms with E-state index in [1.54, 1.807) is 14.2 Å². The van der Waals surface area contributed by atoms with Crippen LogP contribution in [-0.4, -0.2) is 57.0 Å². The summed E-state index contributed by atoms with van der Waals surface area (Å²) in [6, 6.07) is 10.5. The Balaban J connectivity index is 1.81. The maximum Gasteiger partial charge on any atom is 0.0971 e. The van der Waals surface area contributed by atoms with E-state index in [1.165, 1.54) is 5.56 Å². The molecule has 0 saturated carbocycles. The van der Waals surface area contributed by atoms with E-state index in [4.69, 9.17) is 15.2 Å². The van der Waals surface area contributed by atoms with Gasteiger partial charge in [-0.2, -0.15) is 0 Å². The quantitative estimate of drug-likeness (QED) is 0.829. The van der Waals surface area contributed by atoms with Crippen molar-refractivity contribution in [1.29, 1.82) is 0 Å². The number of hydrogen-bond donors (Lipinski definition) is 1. The summed E-state index contributed by atoms with van der Waals surface area (Å²) in [6.45, 7) is 2.68. The molecule has 2 rings (SSSR count). The maximum absolute atomic E-state index is 6.24. The molecule has 19 heavy (non-hydrogen) atoms. The molecule has 0 amide bonds. The molecule has 4 heteroatoms. The highest BCUT2D eigenvalue weighted by atomic mass is 16.5. The molecule has 1 aliphatic rings. The molecule has 1 saturated heterocycles. The predicted molar refractivity (Wildman–Crippen MR) is 76.2 cm³/mol. The third-order valence-corrected chi connectivity index (χ3v) is 3.73. The molecule has 3 atom stereocenters. The van der Waals surface area contributed by atoms with E-state index >= 15 is 0 Å². The van der Waals surface area contributed by atoms with Gasteiger partial charge in [-0.3, -0.25) is 4.90 Å². The van der Waals surface area contributed by atoms with E-state index in [1.807, 2.05) is 6.07 Å². The molecule has 0 bridgehead atoms. The van der Waals surface area contributed by atoms with Gasteiger partial charge in [0.25, 0.3) is 0 Å². The van der Waals surface area contributed by atoms with Crippen LogP contribution < -0.4 is 5.73 Å². The van der Waals surface area contributed by atoms with Crippen molar-refractivity contribution in [3.05, 3.63) is 35.9 Å². The number of benzene rings is 1. The van der Waals surface area contributed by atoms with Crippen LogP contribution in [0.25, 0.3) is 0 Å². The Bertz CT molecular complexity index is 360. The molecular formula is C15H24N2O2. The summed E-state index contributed by atoms with van der Waals surface area (Å²) >= 11 is 0. The molecule has 0 radical (unpaired) electrons. The van der Waals surface area contributed by atoms with Crippen LogP contribution in [0.15, 0.2) is 30.3 Å². The fourth-order valence-electron chi connectivity index (χ4n) is 2.73. The Labute approximate surface area is 115 Å². The van der Waals surface area contributed by atoms with Crippen molar-refractivity contribution >= 4 is 0 Å². The first kappa shape index (κ1) is 14.5. The van der Waals surface area contributed by atoms with Crippen LogP contribution in [-0.2, 0) is 15.9 Å². The van der Waals surface area contributed by atoms with Crippen LogP contribution in [0.5, 0.6) is 0 Å². The largest absolute Gasteiger partial charge is 0.377 e. The van der Waals surface area contributed by atoms with Crippen molar-refractivity contribution in [2.75, 3.05) is 33.9 Å². The molecule has 1 aromatic rings. The summed E-state index contributed by atoms with van der Waals surface area (Å²) in [5.41, 5.74) is 7.53. The summed E-state index contributed by atoms with van der Waals surface area (Å²) in [4.78, 5) is 2.33. The second-order valence-corrected chi connectivity index (χ2v) is 5.22. The van der Waals surface area contributed by atoms with E-state index in [0.717, 1.165) is 26.1 Å². The van der Waals surface area contributed by atoms with Crippen LogP contribution in [0.1, 0.15) is 5.56 Å². The van der Waals surface area contributed by atoms with Crippen molar-refractivity contribution in [3.8, 4) is 0 Å². The Kier molecular flexibility index (Phi) is 5.34. The molecule has 2 N–H and O–H groups in total. The molecule has 1 aromatic carbocycles. The fraction of sp³-hybridized carbons (Fsp3) is 0.600. The zero-order valence-electron chi connectivity index (χ0n) is 11.8. The lowest BCUT2D eigenvalue weighted by molar-refractivity contribution is -0.00461. The number of rotatable bonds is 6. The lowest BCUT2D eigenvalue weighted by atomic mass is 10.1.